The molecule has 1 unspecified atom stereocenters. The van der Waals surface area contributed by atoms with E-state index in [1.165, 1.54) is 29.9 Å². The number of nitrogens with zero attached hydrogens (tertiary/aromatic N) is 1. The van der Waals surface area contributed by atoms with Crippen molar-refractivity contribution in [1.29, 1.82) is 0 Å². The van der Waals surface area contributed by atoms with Crippen molar-refractivity contribution in [3.05, 3.63) is 70.1 Å². The zero-order valence-corrected chi connectivity index (χ0v) is 13.1. The number of nitrogens with one attached hydrogen (secondary N) is 1. The van der Waals surface area contributed by atoms with Crippen LogP contribution in [0.5, 0.6) is 0 Å². The van der Waals surface area contributed by atoms with E-state index in [1.54, 1.807) is 30.5 Å². The number of aliphatic hydroxyl groups is 1. The number of benzene rings is 1. The minimum absolute atomic E-state index is 0.0542. The maximum Gasteiger partial charge on any atom is 0.338 e. The van der Waals surface area contributed by atoms with Crippen LogP contribution in [0.2, 0.25) is 0 Å². The molecule has 1 aromatic heterocycles. The van der Waals surface area contributed by atoms with Gasteiger partial charge in [0, 0.05) is 18.8 Å². The zero-order valence-electron chi connectivity index (χ0n) is 13.1. The van der Waals surface area contributed by atoms with E-state index >= 15 is 0 Å². The highest BCUT2D eigenvalue weighted by Gasteiger charge is 2.17. The molecule has 0 saturated heterocycles. The highest BCUT2D eigenvalue weighted by atomic mass is 16.5. The standard InChI is InChI=1S/C17H18N2O5/c1-24-17(23)14-7-3-2-6-13(14)16(22)18-10-12(20)11-19-9-5-4-8-15(19)21/h2-9,12,20H,10-11H2,1H3,(H,18,22). The van der Waals surface area contributed by atoms with Gasteiger partial charge in [0.2, 0.25) is 0 Å². The van der Waals surface area contributed by atoms with Gasteiger partial charge in [0.15, 0.2) is 0 Å². The highest BCUT2D eigenvalue weighted by Crippen LogP contribution is 2.10. The van der Waals surface area contributed by atoms with Gasteiger partial charge in [-0.1, -0.05) is 18.2 Å². The molecule has 1 atom stereocenters. The van der Waals surface area contributed by atoms with Crippen LogP contribution in [0.15, 0.2) is 53.5 Å². The number of pyridine rings is 1. The summed E-state index contributed by atoms with van der Waals surface area (Å²) in [6, 6.07) is 10.9. The highest BCUT2D eigenvalue weighted by molar-refractivity contribution is 6.05. The van der Waals surface area contributed by atoms with Crippen LogP contribution in [0.1, 0.15) is 20.7 Å². The van der Waals surface area contributed by atoms with Gasteiger partial charge >= 0.3 is 5.97 Å². The molecule has 126 valence electrons. The molecule has 0 saturated carbocycles. The smallest absolute Gasteiger partial charge is 0.338 e. The monoisotopic (exact) mass is 330 g/mol. The summed E-state index contributed by atoms with van der Waals surface area (Å²) in [5, 5.41) is 12.5. The van der Waals surface area contributed by atoms with E-state index in [0.29, 0.717) is 0 Å². The van der Waals surface area contributed by atoms with Crippen molar-refractivity contribution in [3.63, 3.8) is 0 Å². The minimum atomic E-state index is -0.945. The first-order valence-corrected chi connectivity index (χ1v) is 7.32. The maximum atomic E-state index is 12.2. The summed E-state index contributed by atoms with van der Waals surface area (Å²) in [7, 11) is 1.23. The van der Waals surface area contributed by atoms with E-state index in [1.807, 2.05) is 0 Å². The molecule has 0 aliphatic rings. The van der Waals surface area contributed by atoms with Crippen LogP contribution in [-0.2, 0) is 11.3 Å². The Balaban J connectivity index is 2.00. The van der Waals surface area contributed by atoms with Crippen molar-refractivity contribution < 1.29 is 19.4 Å². The van der Waals surface area contributed by atoms with E-state index in [2.05, 4.69) is 10.1 Å². The van der Waals surface area contributed by atoms with Gasteiger partial charge in [-0.05, 0) is 18.2 Å². The maximum absolute atomic E-state index is 12.2. The number of methoxy groups -OCH3 is 1. The first-order valence-electron chi connectivity index (χ1n) is 7.32. The lowest BCUT2D eigenvalue weighted by atomic mass is 10.1. The first-order chi connectivity index (χ1) is 11.5. The van der Waals surface area contributed by atoms with Crippen molar-refractivity contribution in [2.24, 2.45) is 0 Å². The number of hydrogen-bond donors (Lipinski definition) is 2. The van der Waals surface area contributed by atoms with Gasteiger partial charge in [0.1, 0.15) is 0 Å². The fraction of sp³-hybridized carbons (Fsp3) is 0.235. The Bertz CT molecular complexity index is 784. The average molecular weight is 330 g/mol. The lowest BCUT2D eigenvalue weighted by Crippen LogP contribution is -2.36. The Morgan fingerprint density at radius 3 is 2.50 bits per heavy atom. The predicted octanol–water partition coefficient (Wildman–Crippen LogP) is 0.426. The molecule has 0 radical (unpaired) electrons. The lowest BCUT2D eigenvalue weighted by Gasteiger charge is -2.14. The van der Waals surface area contributed by atoms with E-state index in [9.17, 15) is 19.5 Å². The molecule has 2 aromatic rings. The molecule has 0 bridgehead atoms. The number of aliphatic hydroxyl groups excluding tert-OH is 1. The van der Waals surface area contributed by atoms with E-state index in [-0.39, 0.29) is 29.8 Å². The summed E-state index contributed by atoms with van der Waals surface area (Å²) >= 11 is 0. The third-order valence-electron chi connectivity index (χ3n) is 3.38. The Kier molecular flexibility index (Phi) is 5.86. The van der Waals surface area contributed by atoms with Crippen LogP contribution in [-0.4, -0.2) is 41.3 Å². The fourth-order valence-electron chi connectivity index (χ4n) is 2.18. The number of esters is 1. The number of carbonyl (C=O) groups is 2. The molecule has 0 fully saturated rings. The van der Waals surface area contributed by atoms with Crippen LogP contribution in [0.4, 0.5) is 0 Å². The normalized spacial score (nSPS) is 11.6. The lowest BCUT2D eigenvalue weighted by molar-refractivity contribution is 0.0596. The molecule has 0 aliphatic carbocycles. The van der Waals surface area contributed by atoms with Gasteiger partial charge in [0.25, 0.3) is 11.5 Å². The van der Waals surface area contributed by atoms with Crippen molar-refractivity contribution in [2.75, 3.05) is 13.7 Å². The Morgan fingerprint density at radius 1 is 1.17 bits per heavy atom. The van der Waals surface area contributed by atoms with Crippen LogP contribution >= 0.6 is 0 Å². The number of ether oxygens (including phenoxy) is 1. The molecule has 2 rings (SSSR count). The Hall–Kier alpha value is -2.93. The number of hydrogen-bond acceptors (Lipinski definition) is 5. The van der Waals surface area contributed by atoms with Crippen molar-refractivity contribution in [3.8, 4) is 0 Å². The molecule has 24 heavy (non-hydrogen) atoms. The second-order valence-electron chi connectivity index (χ2n) is 5.09. The van der Waals surface area contributed by atoms with Crippen LogP contribution < -0.4 is 10.9 Å². The van der Waals surface area contributed by atoms with E-state index in [4.69, 9.17) is 0 Å². The SMILES string of the molecule is COC(=O)c1ccccc1C(=O)NCC(O)Cn1ccccc1=O. The summed E-state index contributed by atoms with van der Waals surface area (Å²) in [6.45, 7) is -0.00568. The molecular formula is C17H18N2O5. The van der Waals surface area contributed by atoms with Gasteiger partial charge in [0.05, 0.1) is 30.9 Å². The molecule has 1 aromatic carbocycles. The summed E-state index contributed by atoms with van der Waals surface area (Å²) < 4.78 is 5.98. The quantitative estimate of drug-likeness (QED) is 0.749. The molecule has 7 heteroatoms. The third-order valence-corrected chi connectivity index (χ3v) is 3.38. The summed E-state index contributed by atoms with van der Waals surface area (Å²) in [5.41, 5.74) is 0.0682. The Morgan fingerprint density at radius 2 is 1.83 bits per heavy atom. The largest absolute Gasteiger partial charge is 0.465 e. The summed E-state index contributed by atoms with van der Waals surface area (Å²) in [5.74, 6) is -1.12. The zero-order chi connectivity index (χ0) is 17.5. The van der Waals surface area contributed by atoms with Gasteiger partial charge < -0.3 is 19.7 Å². The average Bonchev–Trinajstić information content (AvgIpc) is 2.61. The van der Waals surface area contributed by atoms with Gasteiger partial charge in [-0.3, -0.25) is 9.59 Å². The molecule has 1 heterocycles. The fourth-order valence-corrected chi connectivity index (χ4v) is 2.18. The second kappa shape index (κ2) is 8.07. The first kappa shape index (κ1) is 17.4. The van der Waals surface area contributed by atoms with E-state index < -0.39 is 18.0 Å². The minimum Gasteiger partial charge on any atom is -0.465 e. The second-order valence-corrected chi connectivity index (χ2v) is 5.09. The topological polar surface area (TPSA) is 97.6 Å². The van der Waals surface area contributed by atoms with Crippen LogP contribution in [0, 0.1) is 0 Å². The molecular weight excluding hydrogens is 312 g/mol. The number of aromatic nitrogens is 1. The van der Waals surface area contributed by atoms with Crippen molar-refractivity contribution in [2.45, 2.75) is 12.6 Å². The van der Waals surface area contributed by atoms with E-state index in [0.717, 1.165) is 0 Å². The Labute approximate surface area is 138 Å². The summed E-state index contributed by atoms with van der Waals surface area (Å²) in [4.78, 5) is 35.5. The molecule has 2 N–H and O–H groups in total. The number of rotatable bonds is 6. The molecule has 7 nitrogen and oxygen atoms in total. The van der Waals surface area contributed by atoms with Crippen LogP contribution in [0.25, 0.3) is 0 Å². The summed E-state index contributed by atoms with van der Waals surface area (Å²) in [6.07, 6.45) is 0.610. The van der Waals surface area contributed by atoms with Gasteiger partial charge in [-0.2, -0.15) is 0 Å². The molecule has 0 spiro atoms. The third kappa shape index (κ3) is 4.30. The number of amides is 1. The molecule has 0 aliphatic heterocycles. The van der Waals surface area contributed by atoms with Gasteiger partial charge in [-0.25, -0.2) is 4.79 Å². The van der Waals surface area contributed by atoms with Crippen LogP contribution in [0.3, 0.4) is 0 Å². The number of carbonyl (C=O) groups excluding carboxylic acids is 2. The van der Waals surface area contributed by atoms with Crippen molar-refractivity contribution >= 4 is 11.9 Å². The van der Waals surface area contributed by atoms with Gasteiger partial charge in [-0.15, -0.1) is 0 Å². The van der Waals surface area contributed by atoms with Crippen molar-refractivity contribution in [1.82, 2.24) is 9.88 Å². The molecule has 1 amide bonds. The predicted molar refractivity (Wildman–Crippen MR) is 86.8 cm³/mol.